The molecule has 8 heteroatoms. The standard InChI is InChI=1S/C7H14N4O2S2/c1-4(2)5(3)11-15(12,13)7-10-9-6(8)14-7/h4-5,11H,1-3H3,(H2,8,9). The van der Waals surface area contributed by atoms with E-state index in [9.17, 15) is 8.42 Å². The summed E-state index contributed by atoms with van der Waals surface area (Å²) >= 11 is 0.853. The first-order valence-corrected chi connectivity index (χ1v) is 6.74. The van der Waals surface area contributed by atoms with Gasteiger partial charge in [-0.3, -0.25) is 0 Å². The number of hydrogen-bond acceptors (Lipinski definition) is 6. The smallest absolute Gasteiger partial charge is 0.270 e. The van der Waals surface area contributed by atoms with Gasteiger partial charge >= 0.3 is 0 Å². The number of nitrogen functional groups attached to an aromatic ring is 1. The fourth-order valence-electron chi connectivity index (χ4n) is 0.760. The molecule has 1 rings (SSSR count). The molecule has 0 bridgehead atoms. The second kappa shape index (κ2) is 4.42. The summed E-state index contributed by atoms with van der Waals surface area (Å²) in [6, 6.07) is -0.153. The van der Waals surface area contributed by atoms with Gasteiger partial charge in [0.2, 0.25) is 9.47 Å². The van der Waals surface area contributed by atoms with Gasteiger partial charge in [0.15, 0.2) is 0 Å². The molecular formula is C7H14N4O2S2. The number of anilines is 1. The van der Waals surface area contributed by atoms with Crippen LogP contribution in [0, 0.1) is 5.92 Å². The molecule has 0 fully saturated rings. The lowest BCUT2D eigenvalue weighted by Crippen LogP contribution is -2.36. The van der Waals surface area contributed by atoms with Gasteiger partial charge in [-0.2, -0.15) is 0 Å². The van der Waals surface area contributed by atoms with Crippen LogP contribution >= 0.6 is 11.3 Å². The van der Waals surface area contributed by atoms with E-state index in [1.807, 2.05) is 13.8 Å². The fourth-order valence-corrected chi connectivity index (χ4v) is 2.95. The molecule has 0 radical (unpaired) electrons. The minimum absolute atomic E-state index is 0.0903. The summed E-state index contributed by atoms with van der Waals surface area (Å²) in [6.45, 7) is 5.66. The minimum Gasteiger partial charge on any atom is -0.374 e. The number of rotatable bonds is 4. The summed E-state index contributed by atoms with van der Waals surface area (Å²) in [6.07, 6.45) is 0. The molecule has 1 aromatic heterocycles. The molecule has 6 nitrogen and oxygen atoms in total. The minimum atomic E-state index is -3.57. The van der Waals surface area contributed by atoms with Gasteiger partial charge in [-0.15, -0.1) is 10.2 Å². The van der Waals surface area contributed by atoms with Crippen molar-refractivity contribution >= 4 is 26.5 Å². The molecule has 3 N–H and O–H groups in total. The maximum absolute atomic E-state index is 11.7. The second-order valence-corrected chi connectivity index (χ2v) is 6.46. The number of nitrogens with two attached hydrogens (primary N) is 1. The average molecular weight is 250 g/mol. The third kappa shape index (κ3) is 3.11. The number of hydrogen-bond donors (Lipinski definition) is 2. The Labute approximate surface area is 93.0 Å². The van der Waals surface area contributed by atoms with Crippen molar-refractivity contribution in [2.45, 2.75) is 31.2 Å². The van der Waals surface area contributed by atoms with E-state index in [1.165, 1.54) is 0 Å². The van der Waals surface area contributed by atoms with Gasteiger partial charge in [-0.05, 0) is 12.8 Å². The van der Waals surface area contributed by atoms with E-state index in [4.69, 9.17) is 5.73 Å². The van der Waals surface area contributed by atoms with Gasteiger partial charge in [-0.25, -0.2) is 13.1 Å². The monoisotopic (exact) mass is 250 g/mol. The fraction of sp³-hybridized carbons (Fsp3) is 0.714. The first kappa shape index (κ1) is 12.3. The molecule has 1 heterocycles. The Kier molecular flexibility index (Phi) is 3.63. The van der Waals surface area contributed by atoms with Crippen molar-refractivity contribution in [3.05, 3.63) is 0 Å². The zero-order valence-corrected chi connectivity index (χ0v) is 10.4. The molecule has 0 aliphatic heterocycles. The molecule has 1 unspecified atom stereocenters. The lowest BCUT2D eigenvalue weighted by Gasteiger charge is -2.15. The van der Waals surface area contributed by atoms with Crippen LogP contribution in [0.2, 0.25) is 0 Å². The van der Waals surface area contributed by atoms with E-state index in [2.05, 4.69) is 14.9 Å². The first-order chi connectivity index (χ1) is 6.83. The molecule has 1 aromatic rings. The van der Waals surface area contributed by atoms with E-state index in [-0.39, 0.29) is 21.4 Å². The highest BCUT2D eigenvalue weighted by Gasteiger charge is 2.22. The molecule has 0 saturated heterocycles. The predicted molar refractivity (Wildman–Crippen MR) is 58.9 cm³/mol. The summed E-state index contributed by atoms with van der Waals surface area (Å²) in [4.78, 5) is 0. The number of nitrogens with zero attached hydrogens (tertiary/aromatic N) is 2. The van der Waals surface area contributed by atoms with Gasteiger partial charge in [0.25, 0.3) is 10.0 Å². The zero-order valence-electron chi connectivity index (χ0n) is 8.76. The van der Waals surface area contributed by atoms with Crippen molar-refractivity contribution in [1.29, 1.82) is 0 Å². The summed E-state index contributed by atoms with van der Waals surface area (Å²) in [5.74, 6) is 0.213. The Morgan fingerprint density at radius 2 is 1.93 bits per heavy atom. The zero-order chi connectivity index (χ0) is 11.6. The van der Waals surface area contributed by atoms with E-state index >= 15 is 0 Å². The van der Waals surface area contributed by atoms with E-state index < -0.39 is 10.0 Å². The van der Waals surface area contributed by atoms with Gasteiger partial charge < -0.3 is 5.73 Å². The molecule has 0 saturated carbocycles. The van der Waals surface area contributed by atoms with Crippen molar-refractivity contribution in [1.82, 2.24) is 14.9 Å². The summed E-state index contributed by atoms with van der Waals surface area (Å²) in [5.41, 5.74) is 5.32. The lowest BCUT2D eigenvalue weighted by molar-refractivity contribution is 0.476. The Balaban J connectivity index is 2.85. The molecule has 0 aromatic carbocycles. The van der Waals surface area contributed by atoms with Crippen LogP contribution in [0.15, 0.2) is 4.34 Å². The van der Waals surface area contributed by atoms with Crippen molar-refractivity contribution in [3.63, 3.8) is 0 Å². The molecule has 0 spiro atoms. The quantitative estimate of drug-likeness (QED) is 0.808. The summed E-state index contributed by atoms with van der Waals surface area (Å²) in [7, 11) is -3.57. The van der Waals surface area contributed by atoms with Gasteiger partial charge in [0.05, 0.1) is 0 Å². The first-order valence-electron chi connectivity index (χ1n) is 4.44. The van der Waals surface area contributed by atoms with E-state index in [0.717, 1.165) is 11.3 Å². The third-order valence-electron chi connectivity index (χ3n) is 1.99. The molecule has 0 aliphatic rings. The highest BCUT2D eigenvalue weighted by molar-refractivity contribution is 7.91. The Morgan fingerprint density at radius 1 is 1.33 bits per heavy atom. The Hall–Kier alpha value is -0.730. The van der Waals surface area contributed by atoms with Crippen molar-refractivity contribution < 1.29 is 8.42 Å². The van der Waals surface area contributed by atoms with Crippen LogP contribution in [-0.2, 0) is 10.0 Å². The van der Waals surface area contributed by atoms with Gasteiger partial charge in [0, 0.05) is 6.04 Å². The molecule has 1 atom stereocenters. The molecule has 15 heavy (non-hydrogen) atoms. The SMILES string of the molecule is CC(C)C(C)NS(=O)(=O)c1nnc(N)s1. The lowest BCUT2D eigenvalue weighted by atomic mass is 10.1. The van der Waals surface area contributed by atoms with Crippen molar-refractivity contribution in [3.8, 4) is 0 Å². The number of nitrogens with one attached hydrogen (secondary N) is 1. The normalized spacial score (nSPS) is 14.4. The highest BCUT2D eigenvalue weighted by Crippen LogP contribution is 2.17. The maximum Gasteiger partial charge on any atom is 0.270 e. The van der Waals surface area contributed by atoms with E-state index in [1.54, 1.807) is 6.92 Å². The van der Waals surface area contributed by atoms with Crippen LogP contribution in [-0.4, -0.2) is 24.7 Å². The number of aromatic nitrogens is 2. The van der Waals surface area contributed by atoms with Crippen LogP contribution in [0.5, 0.6) is 0 Å². The van der Waals surface area contributed by atoms with Crippen LogP contribution in [0.1, 0.15) is 20.8 Å². The summed E-state index contributed by atoms with van der Waals surface area (Å²) in [5, 5.41) is 7.10. The summed E-state index contributed by atoms with van der Waals surface area (Å²) < 4.78 is 25.8. The van der Waals surface area contributed by atoms with Gasteiger partial charge in [-0.1, -0.05) is 25.2 Å². The van der Waals surface area contributed by atoms with Crippen LogP contribution in [0.3, 0.4) is 0 Å². The highest BCUT2D eigenvalue weighted by atomic mass is 32.2. The predicted octanol–water partition coefficient (Wildman–Crippen LogP) is 0.443. The topological polar surface area (TPSA) is 98.0 Å². The second-order valence-electron chi connectivity index (χ2n) is 3.56. The Morgan fingerprint density at radius 3 is 2.33 bits per heavy atom. The van der Waals surface area contributed by atoms with E-state index in [0.29, 0.717) is 0 Å². The van der Waals surface area contributed by atoms with Crippen LogP contribution in [0.25, 0.3) is 0 Å². The van der Waals surface area contributed by atoms with Crippen LogP contribution in [0.4, 0.5) is 5.13 Å². The molecular weight excluding hydrogens is 236 g/mol. The molecule has 0 aliphatic carbocycles. The maximum atomic E-state index is 11.7. The third-order valence-corrected chi connectivity index (χ3v) is 4.67. The average Bonchev–Trinajstić information content (AvgIpc) is 2.51. The number of sulfonamides is 1. The van der Waals surface area contributed by atoms with Crippen LogP contribution < -0.4 is 10.5 Å². The van der Waals surface area contributed by atoms with Crippen molar-refractivity contribution in [2.24, 2.45) is 5.92 Å². The molecule has 86 valence electrons. The molecule has 0 amide bonds. The Bertz CT molecular complexity index is 426. The van der Waals surface area contributed by atoms with Crippen molar-refractivity contribution in [2.75, 3.05) is 5.73 Å². The van der Waals surface area contributed by atoms with Gasteiger partial charge in [0.1, 0.15) is 0 Å². The largest absolute Gasteiger partial charge is 0.374 e.